The number of benzene rings is 2. The second-order valence-electron chi connectivity index (χ2n) is 24.0. The number of nitrogens with two attached hydrogens (primary N) is 1. The number of ether oxygens (including phenoxy) is 4. The van der Waals surface area contributed by atoms with E-state index in [4.69, 9.17) is 24.7 Å². The Kier molecular flexibility index (Phi) is 21.4. The van der Waals surface area contributed by atoms with E-state index in [0.717, 1.165) is 18.4 Å². The summed E-state index contributed by atoms with van der Waals surface area (Å²) in [5.74, 6) is -1.11. The summed E-state index contributed by atoms with van der Waals surface area (Å²) in [6.45, 7) is 24.2. The quantitative estimate of drug-likeness (QED) is 0.0453. The third-order valence-electron chi connectivity index (χ3n) is 12.6. The van der Waals surface area contributed by atoms with Crippen molar-refractivity contribution < 1.29 is 47.7 Å². The lowest BCUT2D eigenvalue weighted by Gasteiger charge is -2.29. The molecule has 2 heterocycles. The van der Waals surface area contributed by atoms with Gasteiger partial charge in [-0.25, -0.2) is 19.2 Å². The molecule has 5 rings (SSSR count). The van der Waals surface area contributed by atoms with Gasteiger partial charge in [0.15, 0.2) is 0 Å². The van der Waals surface area contributed by atoms with E-state index in [2.05, 4.69) is 16.0 Å². The predicted octanol–water partition coefficient (Wildman–Crippen LogP) is 9.83. The van der Waals surface area contributed by atoms with Crippen molar-refractivity contribution in [3.05, 3.63) is 72.1 Å². The molecule has 0 saturated heterocycles. The maximum atomic E-state index is 14.4. The molecule has 1 fully saturated rings. The Bertz CT molecular complexity index is 2590. The predicted molar refractivity (Wildman–Crippen MR) is 296 cm³/mol. The van der Waals surface area contributed by atoms with Crippen molar-refractivity contribution in [3.63, 3.8) is 0 Å². The topological polar surface area (TPSA) is 218 Å². The van der Waals surface area contributed by atoms with E-state index >= 15 is 0 Å². The Morgan fingerprint density at radius 3 is 1.45 bits per heavy atom. The van der Waals surface area contributed by atoms with Crippen LogP contribution in [0.3, 0.4) is 0 Å². The minimum Gasteiger partial charge on any atom is -0.444 e. The van der Waals surface area contributed by atoms with Crippen LogP contribution < -0.4 is 21.7 Å². The van der Waals surface area contributed by atoms with Gasteiger partial charge >= 0.3 is 24.4 Å². The highest BCUT2D eigenvalue weighted by atomic mass is 16.6. The molecule has 0 radical (unpaired) electrons. The molecule has 2 aromatic carbocycles. The van der Waals surface area contributed by atoms with Crippen molar-refractivity contribution in [2.75, 3.05) is 39.3 Å². The number of para-hydroxylation sites is 2. The van der Waals surface area contributed by atoms with Crippen molar-refractivity contribution in [1.29, 1.82) is 0 Å². The molecule has 76 heavy (non-hydrogen) atoms. The summed E-state index contributed by atoms with van der Waals surface area (Å²) in [7, 11) is 0. The Hall–Kier alpha value is -6.14. The van der Waals surface area contributed by atoms with Gasteiger partial charge in [0.25, 0.3) is 0 Å². The zero-order valence-electron chi connectivity index (χ0n) is 47.5. The number of nitrogens with zero attached hydrogens (tertiary/aromatic N) is 4. The summed E-state index contributed by atoms with van der Waals surface area (Å²) in [6.07, 6.45) is 9.74. The molecule has 5 N–H and O–H groups in total. The van der Waals surface area contributed by atoms with Crippen LogP contribution in [0.1, 0.15) is 152 Å². The zero-order chi connectivity index (χ0) is 56.0. The molecule has 18 heteroatoms. The highest BCUT2D eigenvalue weighted by Crippen LogP contribution is 2.27. The zero-order valence-corrected chi connectivity index (χ0v) is 47.5. The molecule has 1 saturated carbocycles. The number of amides is 4. The third kappa shape index (κ3) is 19.5. The van der Waals surface area contributed by atoms with Crippen LogP contribution in [-0.2, 0) is 41.4 Å². The van der Waals surface area contributed by atoms with Gasteiger partial charge in [-0.1, -0.05) is 55.7 Å². The largest absolute Gasteiger partial charge is 0.444 e. The highest BCUT2D eigenvalue weighted by Gasteiger charge is 2.30. The number of unbranched alkanes of at least 4 members (excludes halogenated alkanes) is 1. The van der Waals surface area contributed by atoms with Gasteiger partial charge < -0.3 is 50.4 Å². The van der Waals surface area contributed by atoms with Gasteiger partial charge in [0.05, 0.1) is 17.1 Å². The second kappa shape index (κ2) is 26.8. The van der Waals surface area contributed by atoms with Crippen LogP contribution >= 0.6 is 0 Å². The molecule has 4 amide bonds. The fourth-order valence-corrected chi connectivity index (χ4v) is 9.12. The van der Waals surface area contributed by atoms with Crippen LogP contribution in [-0.4, -0.2) is 135 Å². The van der Waals surface area contributed by atoms with Crippen molar-refractivity contribution in [3.8, 4) is 0 Å². The Morgan fingerprint density at radius 2 is 0.987 bits per heavy atom. The van der Waals surface area contributed by atoms with E-state index in [0.29, 0.717) is 72.5 Å². The van der Waals surface area contributed by atoms with Crippen molar-refractivity contribution in [1.82, 2.24) is 34.9 Å². The van der Waals surface area contributed by atoms with E-state index < -0.39 is 64.6 Å². The summed E-state index contributed by atoms with van der Waals surface area (Å²) in [5, 5.41) is 10.9. The first kappa shape index (κ1) is 60.7. The lowest BCUT2D eigenvalue weighted by molar-refractivity contribution is -0.129. The maximum Gasteiger partial charge on any atom is 0.419 e. The summed E-state index contributed by atoms with van der Waals surface area (Å²) >= 11 is 0. The lowest BCUT2D eigenvalue weighted by Crippen LogP contribution is -2.53. The van der Waals surface area contributed by atoms with E-state index in [9.17, 15) is 28.8 Å². The molecule has 2 atom stereocenters. The Labute approximate surface area is 450 Å². The van der Waals surface area contributed by atoms with E-state index in [-0.39, 0.29) is 32.0 Å². The molecule has 420 valence electrons. The van der Waals surface area contributed by atoms with Crippen LogP contribution in [0.15, 0.2) is 60.9 Å². The lowest BCUT2D eigenvalue weighted by atomic mass is 9.95. The Balaban J connectivity index is 1.29. The van der Waals surface area contributed by atoms with Gasteiger partial charge in [-0.05, 0) is 158 Å². The van der Waals surface area contributed by atoms with Crippen LogP contribution in [0.2, 0.25) is 0 Å². The second-order valence-corrected chi connectivity index (χ2v) is 24.0. The fourth-order valence-electron chi connectivity index (χ4n) is 9.12. The van der Waals surface area contributed by atoms with Crippen molar-refractivity contribution in [2.45, 2.75) is 194 Å². The summed E-state index contributed by atoms with van der Waals surface area (Å²) in [6, 6.07) is 12.7. The first-order chi connectivity index (χ1) is 35.6. The smallest absolute Gasteiger partial charge is 0.419 e. The number of hydrogen-bond acceptors (Lipinski definition) is 12. The van der Waals surface area contributed by atoms with Crippen LogP contribution in [0.4, 0.5) is 19.2 Å². The minimum atomic E-state index is -1.16. The van der Waals surface area contributed by atoms with Crippen LogP contribution in [0.5, 0.6) is 0 Å². The molecule has 1 aliphatic rings. The van der Waals surface area contributed by atoms with E-state index in [1.165, 1.54) is 41.2 Å². The average molecular weight is 1060 g/mol. The van der Waals surface area contributed by atoms with Gasteiger partial charge in [0.1, 0.15) is 28.4 Å². The van der Waals surface area contributed by atoms with Crippen LogP contribution in [0, 0.1) is 0 Å². The minimum absolute atomic E-state index is 0.0140. The standard InChI is InChI=1S/C58H88N8O10/c1-55(2,3)73-51(69)63(34-22-30-60-42-24-14-13-15-25-42)32-20-21-33-64(52(70)74-56(4,5)6)35-23-31-61-50(68)46(37-41-39-66(54(72)76-58(10,11)12)48-29-19-17-27-44(41)48)62-49(67)45(59)36-40-38-65(53(71)75-57(7,8)9)47-28-18-16-26-43(40)47/h16-19,26-29,38-39,42,45-46,60H,13-15,20-25,30-37,59H2,1-12H3,(H,61,68)(H,62,67). The summed E-state index contributed by atoms with van der Waals surface area (Å²) in [5.41, 5.74) is 6.12. The first-order valence-electron chi connectivity index (χ1n) is 27.2. The SMILES string of the molecule is CC(C)(C)OC(=O)N(CCCCN(CCCNC1CCCCC1)C(=O)OC(C)(C)C)CCCNC(=O)C(Cc1cn(C(=O)OC(C)(C)C)c2ccccc12)NC(=O)C(N)Cc1cn(C(=O)OC(C)(C)C)c2ccccc12. The molecule has 18 nitrogen and oxygen atoms in total. The molecule has 0 bridgehead atoms. The number of carbonyl (C=O) groups excluding carboxylic acids is 6. The van der Waals surface area contributed by atoms with Crippen LogP contribution in [0.25, 0.3) is 21.8 Å². The third-order valence-corrected chi connectivity index (χ3v) is 12.6. The monoisotopic (exact) mass is 1060 g/mol. The molecule has 0 spiro atoms. The van der Waals surface area contributed by atoms with Gasteiger partial charge in [0, 0.05) is 68.4 Å². The molecule has 0 aliphatic heterocycles. The Morgan fingerprint density at radius 1 is 0.566 bits per heavy atom. The van der Waals surface area contributed by atoms with Gasteiger partial charge in [-0.3, -0.25) is 18.7 Å². The number of carbonyl (C=O) groups is 6. The highest BCUT2D eigenvalue weighted by molar-refractivity contribution is 5.95. The number of fused-ring (bicyclic) bond motifs is 2. The van der Waals surface area contributed by atoms with Gasteiger partial charge in [0.2, 0.25) is 11.8 Å². The number of hydrogen-bond donors (Lipinski definition) is 4. The molecule has 2 aromatic heterocycles. The average Bonchev–Trinajstić information content (AvgIpc) is 3.87. The maximum absolute atomic E-state index is 14.4. The number of rotatable bonds is 21. The molecular formula is C58H88N8O10. The van der Waals surface area contributed by atoms with Crippen molar-refractivity contribution in [2.24, 2.45) is 5.73 Å². The fraction of sp³-hybridized carbons (Fsp3) is 0.621. The molecular weight excluding hydrogens is 969 g/mol. The molecule has 4 aromatic rings. The first-order valence-corrected chi connectivity index (χ1v) is 27.2. The van der Waals surface area contributed by atoms with E-state index in [1.807, 2.05) is 45.0 Å². The van der Waals surface area contributed by atoms with Gasteiger partial charge in [-0.2, -0.15) is 0 Å². The number of aromatic nitrogens is 2. The normalized spacial score (nSPS) is 14.4. The number of nitrogens with one attached hydrogen (secondary N) is 3. The molecule has 1 aliphatic carbocycles. The summed E-state index contributed by atoms with van der Waals surface area (Å²) < 4.78 is 25.8. The van der Waals surface area contributed by atoms with Crippen molar-refractivity contribution >= 4 is 58.0 Å². The summed E-state index contributed by atoms with van der Waals surface area (Å²) in [4.78, 5) is 85.6. The van der Waals surface area contributed by atoms with E-state index in [1.54, 1.807) is 109 Å². The molecule has 2 unspecified atom stereocenters. The van der Waals surface area contributed by atoms with Gasteiger partial charge in [-0.15, -0.1) is 0 Å².